The van der Waals surface area contributed by atoms with Gasteiger partial charge in [0.05, 0.1) is 29.5 Å². The number of benzene rings is 1. The minimum atomic E-state index is -0.593. The van der Waals surface area contributed by atoms with Gasteiger partial charge in [0.2, 0.25) is 0 Å². The maximum atomic E-state index is 12.5. The van der Waals surface area contributed by atoms with E-state index in [0.717, 1.165) is 12.0 Å². The molecule has 7 nitrogen and oxygen atoms in total. The number of fused-ring (bicyclic) bond motifs is 2. The highest BCUT2D eigenvalue weighted by molar-refractivity contribution is 6.32. The van der Waals surface area contributed by atoms with Gasteiger partial charge in [-0.3, -0.25) is 9.20 Å². The van der Waals surface area contributed by atoms with Crippen molar-refractivity contribution in [3.05, 3.63) is 68.7 Å². The molecule has 8 heteroatoms. The molecule has 0 spiro atoms. The SMILES string of the molecule is Cc1cccn2c(=O)cc(COC(=O)c3cc(Cl)c4c(c3)OCCCO4)nc12. The van der Waals surface area contributed by atoms with E-state index < -0.39 is 5.97 Å². The van der Waals surface area contributed by atoms with Gasteiger partial charge in [-0.2, -0.15) is 0 Å². The highest BCUT2D eigenvalue weighted by atomic mass is 35.5. The monoisotopic (exact) mass is 400 g/mol. The lowest BCUT2D eigenvalue weighted by molar-refractivity contribution is 0.0467. The minimum Gasteiger partial charge on any atom is -0.489 e. The van der Waals surface area contributed by atoms with E-state index in [2.05, 4.69) is 4.98 Å². The lowest BCUT2D eigenvalue weighted by Crippen LogP contribution is -2.17. The van der Waals surface area contributed by atoms with Gasteiger partial charge in [0.1, 0.15) is 12.3 Å². The van der Waals surface area contributed by atoms with Gasteiger partial charge >= 0.3 is 5.97 Å². The van der Waals surface area contributed by atoms with E-state index >= 15 is 0 Å². The summed E-state index contributed by atoms with van der Waals surface area (Å²) in [7, 11) is 0. The average molecular weight is 401 g/mol. The van der Waals surface area contributed by atoms with Crippen LogP contribution in [0.5, 0.6) is 11.5 Å². The maximum absolute atomic E-state index is 12.5. The highest BCUT2D eigenvalue weighted by Crippen LogP contribution is 2.38. The smallest absolute Gasteiger partial charge is 0.338 e. The molecule has 28 heavy (non-hydrogen) atoms. The van der Waals surface area contributed by atoms with Gasteiger partial charge < -0.3 is 14.2 Å². The molecule has 144 valence electrons. The van der Waals surface area contributed by atoms with Crippen LogP contribution in [0.3, 0.4) is 0 Å². The molecule has 0 amide bonds. The van der Waals surface area contributed by atoms with E-state index in [-0.39, 0.29) is 22.8 Å². The summed E-state index contributed by atoms with van der Waals surface area (Å²) in [5.74, 6) is 0.245. The molecule has 0 saturated heterocycles. The van der Waals surface area contributed by atoms with E-state index in [1.165, 1.54) is 16.5 Å². The lowest BCUT2D eigenvalue weighted by atomic mass is 10.2. The van der Waals surface area contributed by atoms with E-state index in [0.29, 0.717) is 36.1 Å². The second-order valence-corrected chi connectivity index (χ2v) is 6.79. The van der Waals surface area contributed by atoms with Crippen LogP contribution in [0.2, 0.25) is 5.02 Å². The second kappa shape index (κ2) is 7.52. The van der Waals surface area contributed by atoms with Crippen molar-refractivity contribution in [3.63, 3.8) is 0 Å². The minimum absolute atomic E-state index is 0.134. The molecule has 0 fully saturated rings. The van der Waals surface area contributed by atoms with E-state index in [4.69, 9.17) is 25.8 Å². The fraction of sp³-hybridized carbons (Fsp3) is 0.250. The number of carbonyl (C=O) groups is 1. The summed E-state index contributed by atoms with van der Waals surface area (Å²) in [6.07, 6.45) is 2.38. The van der Waals surface area contributed by atoms with Crippen LogP contribution in [-0.2, 0) is 11.3 Å². The second-order valence-electron chi connectivity index (χ2n) is 6.38. The predicted molar refractivity (Wildman–Crippen MR) is 102 cm³/mol. The zero-order valence-electron chi connectivity index (χ0n) is 15.1. The van der Waals surface area contributed by atoms with Crippen molar-refractivity contribution >= 4 is 23.2 Å². The lowest BCUT2D eigenvalue weighted by Gasteiger charge is -2.11. The highest BCUT2D eigenvalue weighted by Gasteiger charge is 2.19. The molecule has 0 saturated carbocycles. The molecule has 0 atom stereocenters. The first kappa shape index (κ1) is 18.3. The summed E-state index contributed by atoms with van der Waals surface area (Å²) < 4.78 is 17.9. The number of hydrogen-bond acceptors (Lipinski definition) is 6. The third kappa shape index (κ3) is 3.53. The quantitative estimate of drug-likeness (QED) is 0.628. The van der Waals surface area contributed by atoms with Crippen molar-refractivity contribution in [1.29, 1.82) is 0 Å². The number of pyridine rings is 1. The van der Waals surface area contributed by atoms with Gasteiger partial charge in [0.15, 0.2) is 11.5 Å². The molecular formula is C20H17ClN2O5. The molecule has 3 aromatic rings. The van der Waals surface area contributed by atoms with Crippen molar-refractivity contribution in [3.8, 4) is 11.5 Å². The number of hydrogen-bond donors (Lipinski definition) is 0. The van der Waals surface area contributed by atoms with E-state index in [9.17, 15) is 9.59 Å². The summed E-state index contributed by atoms with van der Waals surface area (Å²) in [5.41, 5.74) is 1.75. The molecule has 4 rings (SSSR count). The van der Waals surface area contributed by atoms with Crippen LogP contribution in [0.1, 0.15) is 28.0 Å². The van der Waals surface area contributed by atoms with Crippen LogP contribution < -0.4 is 15.0 Å². The summed E-state index contributed by atoms with van der Waals surface area (Å²) in [6, 6.07) is 8.00. The maximum Gasteiger partial charge on any atom is 0.338 e. The first-order valence-electron chi connectivity index (χ1n) is 8.77. The van der Waals surface area contributed by atoms with Crippen LogP contribution in [0.4, 0.5) is 0 Å². The Kier molecular flexibility index (Phi) is 4.92. The van der Waals surface area contributed by atoms with Gasteiger partial charge in [0.25, 0.3) is 5.56 Å². The molecule has 0 aliphatic carbocycles. The molecule has 1 aliphatic rings. The van der Waals surface area contributed by atoms with Crippen molar-refractivity contribution in [1.82, 2.24) is 9.38 Å². The third-order valence-corrected chi connectivity index (χ3v) is 4.61. The molecule has 0 unspecified atom stereocenters. The Morgan fingerprint density at radius 1 is 1.29 bits per heavy atom. The topological polar surface area (TPSA) is 79.1 Å². The van der Waals surface area contributed by atoms with Crippen LogP contribution >= 0.6 is 11.6 Å². The molecule has 2 aromatic heterocycles. The molecule has 0 radical (unpaired) electrons. The van der Waals surface area contributed by atoms with Crippen molar-refractivity contribution in [2.24, 2.45) is 0 Å². The summed E-state index contributed by atoms with van der Waals surface area (Å²) in [5, 5.41) is 0.282. The molecule has 1 aromatic carbocycles. The van der Waals surface area contributed by atoms with Gasteiger partial charge in [-0.25, -0.2) is 9.78 Å². The Hall–Kier alpha value is -3.06. The Morgan fingerprint density at radius 3 is 2.96 bits per heavy atom. The molecular weight excluding hydrogens is 384 g/mol. The number of ether oxygens (including phenoxy) is 3. The van der Waals surface area contributed by atoms with Crippen LogP contribution in [0.15, 0.2) is 41.3 Å². The van der Waals surface area contributed by atoms with Crippen molar-refractivity contribution in [2.45, 2.75) is 20.0 Å². The summed E-state index contributed by atoms with van der Waals surface area (Å²) in [6.45, 7) is 2.70. The molecule has 1 aliphatic heterocycles. The van der Waals surface area contributed by atoms with Gasteiger partial charge in [-0.05, 0) is 30.7 Å². The fourth-order valence-corrected chi connectivity index (χ4v) is 3.22. The van der Waals surface area contributed by atoms with E-state index in [1.807, 2.05) is 13.0 Å². The molecule has 0 bridgehead atoms. The fourth-order valence-electron chi connectivity index (χ4n) is 2.95. The summed E-state index contributed by atoms with van der Waals surface area (Å²) in [4.78, 5) is 29.1. The number of nitrogens with zero attached hydrogens (tertiary/aromatic N) is 2. The predicted octanol–water partition coefficient (Wildman–Crippen LogP) is 3.17. The Balaban J connectivity index is 1.56. The number of rotatable bonds is 3. The van der Waals surface area contributed by atoms with Gasteiger partial charge in [0, 0.05) is 18.7 Å². The van der Waals surface area contributed by atoms with Crippen LogP contribution in [-0.4, -0.2) is 28.6 Å². The Morgan fingerprint density at radius 2 is 2.11 bits per heavy atom. The zero-order chi connectivity index (χ0) is 19.7. The first-order chi connectivity index (χ1) is 13.5. The molecule has 0 N–H and O–H groups in total. The largest absolute Gasteiger partial charge is 0.489 e. The van der Waals surface area contributed by atoms with Crippen molar-refractivity contribution < 1.29 is 19.0 Å². The molecule has 3 heterocycles. The van der Waals surface area contributed by atoms with Crippen LogP contribution in [0.25, 0.3) is 5.65 Å². The van der Waals surface area contributed by atoms with Crippen LogP contribution in [0, 0.1) is 6.92 Å². The number of aryl methyl sites for hydroxylation is 1. The number of carbonyl (C=O) groups excluding carboxylic acids is 1. The van der Waals surface area contributed by atoms with Crippen molar-refractivity contribution in [2.75, 3.05) is 13.2 Å². The van der Waals surface area contributed by atoms with E-state index in [1.54, 1.807) is 18.3 Å². The summed E-state index contributed by atoms with van der Waals surface area (Å²) >= 11 is 6.22. The number of esters is 1. The van der Waals surface area contributed by atoms with Gasteiger partial charge in [-0.1, -0.05) is 17.7 Å². The number of aromatic nitrogens is 2. The number of halogens is 1. The van der Waals surface area contributed by atoms with Gasteiger partial charge in [-0.15, -0.1) is 0 Å². The normalized spacial score (nSPS) is 13.2. The Labute approximate surface area is 165 Å². The standard InChI is InChI=1S/C20H17ClN2O5/c1-12-4-2-5-23-17(24)10-14(22-19(12)23)11-28-20(25)13-8-15(21)18-16(9-13)26-6-3-7-27-18/h2,4-5,8-10H,3,6-7,11H2,1H3. The Bertz CT molecular complexity index is 1130. The zero-order valence-corrected chi connectivity index (χ0v) is 15.9. The third-order valence-electron chi connectivity index (χ3n) is 4.33. The first-order valence-corrected chi connectivity index (χ1v) is 9.15. The average Bonchev–Trinajstić information content (AvgIpc) is 2.93.